The van der Waals surface area contributed by atoms with Gasteiger partial charge in [0.15, 0.2) is 0 Å². The molecule has 0 saturated carbocycles. The zero-order valence-corrected chi connectivity index (χ0v) is 7.21. The van der Waals surface area contributed by atoms with Gasteiger partial charge in [0.25, 0.3) is 0 Å². The molecule has 0 amide bonds. The molecule has 1 rings (SSSR count). The molecule has 1 N–H and O–H groups in total. The van der Waals surface area contributed by atoms with Crippen LogP contribution in [-0.4, -0.2) is 25.6 Å². The van der Waals surface area contributed by atoms with Crippen molar-refractivity contribution in [1.29, 1.82) is 5.26 Å². The maximum Gasteiger partial charge on any atom is 0.216 e. The number of aliphatic imine (C=N–C) groups is 1. The van der Waals surface area contributed by atoms with E-state index in [2.05, 4.69) is 10.3 Å². The summed E-state index contributed by atoms with van der Waals surface area (Å²) in [4.78, 5) is 3.60. The normalized spacial score (nSPS) is 24.7. The Morgan fingerprint density at radius 3 is 3.00 bits per heavy atom. The van der Waals surface area contributed by atoms with Gasteiger partial charge in [0.05, 0.1) is 13.2 Å². The van der Waals surface area contributed by atoms with Crippen LogP contribution < -0.4 is 5.32 Å². The van der Waals surface area contributed by atoms with E-state index in [0.717, 1.165) is 13.0 Å². The third-order valence-corrected chi connectivity index (χ3v) is 1.98. The Hall–Kier alpha value is -1.08. The molecule has 1 heterocycles. The number of nitrogens with zero attached hydrogens (tertiary/aromatic N) is 2. The van der Waals surface area contributed by atoms with Crippen molar-refractivity contribution in [1.82, 2.24) is 5.32 Å². The van der Waals surface area contributed by atoms with Crippen LogP contribution in [0, 0.1) is 11.5 Å². The van der Waals surface area contributed by atoms with Gasteiger partial charge in [-0.25, -0.2) is 0 Å². The molecule has 1 unspecified atom stereocenters. The molecule has 1 fully saturated rings. The summed E-state index contributed by atoms with van der Waals surface area (Å²) in [6, 6.07) is 0.142. The maximum absolute atomic E-state index is 8.35. The van der Waals surface area contributed by atoms with Crippen LogP contribution in [0.25, 0.3) is 0 Å². The zero-order valence-electron chi connectivity index (χ0n) is 7.21. The molecule has 1 saturated heterocycles. The van der Waals surface area contributed by atoms with Crippen molar-refractivity contribution in [2.75, 3.05) is 13.7 Å². The van der Waals surface area contributed by atoms with Crippen molar-refractivity contribution >= 4 is 5.90 Å². The number of hydrogen-bond donors (Lipinski definition) is 1. The van der Waals surface area contributed by atoms with Crippen molar-refractivity contribution in [3.63, 3.8) is 0 Å². The van der Waals surface area contributed by atoms with Crippen LogP contribution in [0.1, 0.15) is 19.3 Å². The second-order valence-corrected chi connectivity index (χ2v) is 2.76. The highest BCUT2D eigenvalue weighted by Gasteiger charge is 2.18. The van der Waals surface area contributed by atoms with E-state index in [1.165, 1.54) is 12.8 Å². The van der Waals surface area contributed by atoms with Gasteiger partial charge in [-0.05, 0) is 19.4 Å². The zero-order chi connectivity index (χ0) is 8.81. The largest absolute Gasteiger partial charge is 0.482 e. The number of ether oxygens (including phenoxy) is 1. The summed E-state index contributed by atoms with van der Waals surface area (Å²) in [7, 11) is 1.55. The molecule has 4 nitrogen and oxygen atoms in total. The number of methoxy groups -OCH3 is 1. The molecule has 0 spiro atoms. The van der Waals surface area contributed by atoms with E-state index in [-0.39, 0.29) is 6.04 Å². The highest BCUT2D eigenvalue weighted by Crippen LogP contribution is 2.08. The van der Waals surface area contributed by atoms with Gasteiger partial charge in [-0.1, -0.05) is 6.42 Å². The second-order valence-electron chi connectivity index (χ2n) is 2.76. The summed E-state index contributed by atoms with van der Waals surface area (Å²) in [5, 5.41) is 11.6. The monoisotopic (exact) mass is 167 g/mol. The lowest BCUT2D eigenvalue weighted by Gasteiger charge is -2.22. The van der Waals surface area contributed by atoms with Gasteiger partial charge < -0.3 is 10.1 Å². The minimum Gasteiger partial charge on any atom is -0.482 e. The minimum absolute atomic E-state index is 0.142. The van der Waals surface area contributed by atoms with Crippen molar-refractivity contribution in [2.45, 2.75) is 25.3 Å². The predicted molar refractivity (Wildman–Crippen MR) is 45.7 cm³/mol. The van der Waals surface area contributed by atoms with E-state index < -0.39 is 0 Å². The molecule has 0 aromatic rings. The van der Waals surface area contributed by atoms with Gasteiger partial charge in [-0.3, -0.25) is 0 Å². The SMILES string of the molecule is COC(=NC#N)C1CCCCN1. The maximum atomic E-state index is 8.35. The van der Waals surface area contributed by atoms with Crippen LogP contribution in [0.2, 0.25) is 0 Å². The third kappa shape index (κ3) is 2.21. The lowest BCUT2D eigenvalue weighted by atomic mass is 10.1. The lowest BCUT2D eigenvalue weighted by molar-refractivity contribution is 0.346. The van der Waals surface area contributed by atoms with Crippen LogP contribution in [0.5, 0.6) is 0 Å². The molecule has 1 aliphatic heterocycles. The van der Waals surface area contributed by atoms with Gasteiger partial charge in [-0.15, -0.1) is 4.99 Å². The van der Waals surface area contributed by atoms with E-state index >= 15 is 0 Å². The highest BCUT2D eigenvalue weighted by molar-refractivity contribution is 5.82. The fraction of sp³-hybridized carbons (Fsp3) is 0.750. The van der Waals surface area contributed by atoms with Crippen LogP contribution in [-0.2, 0) is 4.74 Å². The van der Waals surface area contributed by atoms with Gasteiger partial charge in [0, 0.05) is 0 Å². The second kappa shape index (κ2) is 4.73. The predicted octanol–water partition coefficient (Wildman–Crippen LogP) is 0.654. The first-order valence-electron chi connectivity index (χ1n) is 4.12. The highest BCUT2D eigenvalue weighted by atomic mass is 16.5. The topological polar surface area (TPSA) is 57.4 Å². The lowest BCUT2D eigenvalue weighted by Crippen LogP contribution is -2.41. The Bertz CT molecular complexity index is 201. The number of nitrogens with one attached hydrogen (secondary N) is 1. The van der Waals surface area contributed by atoms with Crippen LogP contribution in [0.15, 0.2) is 4.99 Å². The molecule has 4 heteroatoms. The Morgan fingerprint density at radius 1 is 1.67 bits per heavy atom. The Balaban J connectivity index is 2.53. The summed E-state index contributed by atoms with van der Waals surface area (Å²) < 4.78 is 5.00. The molecule has 1 atom stereocenters. The van der Waals surface area contributed by atoms with Crippen LogP contribution in [0.3, 0.4) is 0 Å². The van der Waals surface area contributed by atoms with Crippen molar-refractivity contribution in [3.05, 3.63) is 0 Å². The number of nitriles is 1. The fourth-order valence-corrected chi connectivity index (χ4v) is 1.38. The molecule has 0 bridgehead atoms. The van der Waals surface area contributed by atoms with Crippen molar-refractivity contribution < 1.29 is 4.74 Å². The molecule has 0 radical (unpaired) electrons. The average Bonchev–Trinajstić information content (AvgIpc) is 2.15. The molecule has 0 aromatic carbocycles. The first-order chi connectivity index (χ1) is 5.88. The standard InChI is InChI=1S/C8H13N3O/c1-12-8(11-6-9)7-4-2-3-5-10-7/h7,10H,2-5H2,1H3. The van der Waals surface area contributed by atoms with Gasteiger partial charge >= 0.3 is 0 Å². The molecule has 0 aliphatic carbocycles. The summed E-state index contributed by atoms with van der Waals surface area (Å²) in [6.07, 6.45) is 5.11. The summed E-state index contributed by atoms with van der Waals surface area (Å²) >= 11 is 0. The van der Waals surface area contributed by atoms with Crippen molar-refractivity contribution in [3.8, 4) is 6.19 Å². The van der Waals surface area contributed by atoms with Gasteiger partial charge in [-0.2, -0.15) is 5.26 Å². The van der Waals surface area contributed by atoms with E-state index in [4.69, 9.17) is 10.00 Å². The number of piperidine rings is 1. The number of rotatable bonds is 1. The molecule has 66 valence electrons. The summed E-state index contributed by atoms with van der Waals surface area (Å²) in [6.45, 7) is 0.985. The van der Waals surface area contributed by atoms with Gasteiger partial charge in [0.2, 0.25) is 12.1 Å². The Labute approximate surface area is 72.2 Å². The number of hydrogen-bond acceptors (Lipinski definition) is 4. The summed E-state index contributed by atoms with van der Waals surface area (Å²) in [5.41, 5.74) is 0. The quantitative estimate of drug-likeness (QED) is 0.354. The summed E-state index contributed by atoms with van der Waals surface area (Å²) in [5.74, 6) is 0.511. The van der Waals surface area contributed by atoms with Crippen LogP contribution in [0.4, 0.5) is 0 Å². The molecule has 1 aliphatic rings. The van der Waals surface area contributed by atoms with E-state index in [1.807, 2.05) is 0 Å². The Kier molecular flexibility index (Phi) is 3.55. The molecule has 12 heavy (non-hydrogen) atoms. The molecular formula is C8H13N3O. The Morgan fingerprint density at radius 2 is 2.50 bits per heavy atom. The average molecular weight is 167 g/mol. The first-order valence-corrected chi connectivity index (χ1v) is 4.12. The smallest absolute Gasteiger partial charge is 0.216 e. The van der Waals surface area contributed by atoms with Gasteiger partial charge in [0.1, 0.15) is 0 Å². The third-order valence-electron chi connectivity index (χ3n) is 1.98. The van der Waals surface area contributed by atoms with Crippen molar-refractivity contribution in [2.24, 2.45) is 4.99 Å². The molecular weight excluding hydrogens is 154 g/mol. The fourth-order valence-electron chi connectivity index (χ4n) is 1.38. The van der Waals surface area contributed by atoms with E-state index in [0.29, 0.717) is 5.90 Å². The minimum atomic E-state index is 0.142. The van der Waals surface area contributed by atoms with E-state index in [1.54, 1.807) is 13.3 Å². The first kappa shape index (κ1) is 9.01. The van der Waals surface area contributed by atoms with E-state index in [9.17, 15) is 0 Å². The van der Waals surface area contributed by atoms with Crippen LogP contribution >= 0.6 is 0 Å². The molecule has 0 aromatic heterocycles.